The van der Waals surface area contributed by atoms with Gasteiger partial charge < -0.3 is 0 Å². The van der Waals surface area contributed by atoms with E-state index in [0.29, 0.717) is 11.1 Å². The van der Waals surface area contributed by atoms with E-state index in [9.17, 15) is 14.9 Å². The van der Waals surface area contributed by atoms with Crippen LogP contribution in [0.2, 0.25) is 0 Å². The second-order valence-corrected chi connectivity index (χ2v) is 4.66. The standard InChI is InChI=1S/C15H11N5O3/c21-15(12-6-8-16-9-7-12)20-13(10-19(22)23)17-14(18-20)11-4-2-1-3-5-11/h1-9H,10H2. The van der Waals surface area contributed by atoms with Crippen LogP contribution in [-0.2, 0) is 6.54 Å². The highest BCUT2D eigenvalue weighted by atomic mass is 16.6. The average Bonchev–Trinajstić information content (AvgIpc) is 2.99. The van der Waals surface area contributed by atoms with Gasteiger partial charge in [0.15, 0.2) is 5.82 Å². The fraction of sp³-hybridized carbons (Fsp3) is 0.0667. The molecule has 114 valence electrons. The summed E-state index contributed by atoms with van der Waals surface area (Å²) in [5.74, 6) is -0.237. The molecule has 0 N–H and O–H groups in total. The van der Waals surface area contributed by atoms with Crippen LogP contribution in [0.25, 0.3) is 11.4 Å². The van der Waals surface area contributed by atoms with Crippen molar-refractivity contribution in [2.75, 3.05) is 0 Å². The molecule has 3 rings (SSSR count). The monoisotopic (exact) mass is 309 g/mol. The third-order valence-corrected chi connectivity index (χ3v) is 3.10. The summed E-state index contributed by atoms with van der Waals surface area (Å²) in [7, 11) is 0. The number of carbonyl (C=O) groups is 1. The van der Waals surface area contributed by atoms with Crippen molar-refractivity contribution >= 4 is 5.91 Å². The van der Waals surface area contributed by atoms with Crippen LogP contribution in [0.3, 0.4) is 0 Å². The molecule has 0 aliphatic heterocycles. The van der Waals surface area contributed by atoms with Gasteiger partial charge in [0.1, 0.15) is 0 Å². The molecule has 0 radical (unpaired) electrons. The number of nitro groups is 1. The highest BCUT2D eigenvalue weighted by molar-refractivity contribution is 5.95. The first-order chi connectivity index (χ1) is 11.1. The lowest BCUT2D eigenvalue weighted by molar-refractivity contribution is -0.498. The van der Waals surface area contributed by atoms with Crippen LogP contribution in [0.15, 0.2) is 54.9 Å². The molecule has 8 nitrogen and oxygen atoms in total. The van der Waals surface area contributed by atoms with Gasteiger partial charge in [-0.05, 0) is 12.1 Å². The van der Waals surface area contributed by atoms with Gasteiger partial charge in [-0.1, -0.05) is 30.3 Å². The first-order valence-electron chi connectivity index (χ1n) is 6.73. The van der Waals surface area contributed by atoms with Gasteiger partial charge in [-0.2, -0.15) is 4.68 Å². The van der Waals surface area contributed by atoms with Gasteiger partial charge in [0.2, 0.25) is 5.82 Å². The van der Waals surface area contributed by atoms with Crippen LogP contribution in [0.1, 0.15) is 16.2 Å². The van der Waals surface area contributed by atoms with E-state index in [2.05, 4.69) is 15.1 Å². The van der Waals surface area contributed by atoms with E-state index in [1.807, 2.05) is 6.07 Å². The third kappa shape index (κ3) is 3.10. The maximum absolute atomic E-state index is 12.5. The number of hydrogen-bond donors (Lipinski definition) is 0. The summed E-state index contributed by atoms with van der Waals surface area (Å²) >= 11 is 0. The summed E-state index contributed by atoms with van der Waals surface area (Å²) in [5, 5.41) is 15.0. The Hall–Kier alpha value is -3.42. The highest BCUT2D eigenvalue weighted by Gasteiger charge is 2.21. The molecular formula is C15H11N5O3. The zero-order chi connectivity index (χ0) is 16.2. The minimum Gasteiger partial charge on any atom is -0.267 e. The molecule has 0 unspecified atom stereocenters. The van der Waals surface area contributed by atoms with E-state index in [0.717, 1.165) is 4.68 Å². The largest absolute Gasteiger partial charge is 0.280 e. The summed E-state index contributed by atoms with van der Waals surface area (Å²) in [6.45, 7) is -0.587. The van der Waals surface area contributed by atoms with Gasteiger partial charge in [-0.15, -0.1) is 5.10 Å². The number of carbonyl (C=O) groups excluding carboxylic acids is 1. The maximum Gasteiger partial charge on any atom is 0.280 e. The molecule has 0 spiro atoms. The summed E-state index contributed by atoms with van der Waals surface area (Å²) < 4.78 is 0.973. The molecule has 0 aliphatic carbocycles. The van der Waals surface area contributed by atoms with E-state index >= 15 is 0 Å². The van der Waals surface area contributed by atoms with Crippen molar-refractivity contribution in [3.63, 3.8) is 0 Å². The Bertz CT molecular complexity index is 846. The van der Waals surface area contributed by atoms with Gasteiger partial charge in [0.25, 0.3) is 12.5 Å². The minimum absolute atomic E-state index is 0.0179. The number of hydrogen-bond acceptors (Lipinski definition) is 6. The third-order valence-electron chi connectivity index (χ3n) is 3.10. The van der Waals surface area contributed by atoms with Crippen LogP contribution in [0, 0.1) is 10.1 Å². The van der Waals surface area contributed by atoms with Gasteiger partial charge in [-0.25, -0.2) is 4.98 Å². The Morgan fingerprint density at radius 3 is 2.48 bits per heavy atom. The van der Waals surface area contributed by atoms with Crippen molar-refractivity contribution < 1.29 is 9.72 Å². The molecule has 0 saturated carbocycles. The predicted octanol–water partition coefficient (Wildman–Crippen LogP) is 1.81. The molecule has 3 aromatic rings. The van der Waals surface area contributed by atoms with Crippen molar-refractivity contribution in [3.05, 3.63) is 76.4 Å². The minimum atomic E-state index is -0.587. The molecule has 2 heterocycles. The molecule has 0 atom stereocenters. The van der Waals surface area contributed by atoms with Crippen molar-refractivity contribution in [1.29, 1.82) is 0 Å². The smallest absolute Gasteiger partial charge is 0.267 e. The lowest BCUT2D eigenvalue weighted by atomic mass is 10.2. The van der Waals surface area contributed by atoms with E-state index in [1.54, 1.807) is 24.3 Å². The normalized spacial score (nSPS) is 10.4. The Morgan fingerprint density at radius 2 is 1.83 bits per heavy atom. The van der Waals surface area contributed by atoms with Gasteiger partial charge in [0, 0.05) is 28.4 Å². The van der Waals surface area contributed by atoms with Crippen LogP contribution >= 0.6 is 0 Å². The molecule has 0 aliphatic rings. The Kier molecular flexibility index (Phi) is 3.88. The molecule has 23 heavy (non-hydrogen) atoms. The van der Waals surface area contributed by atoms with Gasteiger partial charge in [0.05, 0.1) is 0 Å². The number of rotatable bonds is 4. The van der Waals surface area contributed by atoms with E-state index < -0.39 is 17.4 Å². The van der Waals surface area contributed by atoms with E-state index in [-0.39, 0.29) is 11.6 Å². The predicted molar refractivity (Wildman–Crippen MR) is 80.1 cm³/mol. The summed E-state index contributed by atoms with van der Waals surface area (Å²) in [6.07, 6.45) is 2.94. The van der Waals surface area contributed by atoms with E-state index in [4.69, 9.17) is 0 Å². The molecule has 0 bridgehead atoms. The average molecular weight is 309 g/mol. The molecule has 1 aromatic carbocycles. The SMILES string of the molecule is O=C(c1ccncc1)n1nc(-c2ccccc2)nc1C[N+](=O)[O-]. The Morgan fingerprint density at radius 1 is 1.13 bits per heavy atom. The lowest BCUT2D eigenvalue weighted by Crippen LogP contribution is -2.18. The maximum atomic E-state index is 12.5. The fourth-order valence-electron chi connectivity index (χ4n) is 2.05. The molecular weight excluding hydrogens is 298 g/mol. The molecule has 0 fully saturated rings. The Balaban J connectivity index is 2.06. The summed E-state index contributed by atoms with van der Waals surface area (Å²) in [4.78, 5) is 30.8. The number of pyridine rings is 1. The van der Waals surface area contributed by atoms with Crippen molar-refractivity contribution in [2.45, 2.75) is 6.54 Å². The zero-order valence-corrected chi connectivity index (χ0v) is 11.9. The van der Waals surface area contributed by atoms with Crippen LogP contribution in [-0.4, -0.2) is 30.6 Å². The van der Waals surface area contributed by atoms with Crippen LogP contribution in [0.5, 0.6) is 0 Å². The summed E-state index contributed by atoms with van der Waals surface area (Å²) in [6, 6.07) is 12.0. The van der Waals surface area contributed by atoms with Crippen LogP contribution in [0.4, 0.5) is 0 Å². The second-order valence-electron chi connectivity index (χ2n) is 4.66. The second kappa shape index (κ2) is 6.14. The van der Waals surface area contributed by atoms with Crippen molar-refractivity contribution in [2.24, 2.45) is 0 Å². The molecule has 0 saturated heterocycles. The highest BCUT2D eigenvalue weighted by Crippen LogP contribution is 2.16. The van der Waals surface area contributed by atoms with Crippen molar-refractivity contribution in [3.8, 4) is 11.4 Å². The van der Waals surface area contributed by atoms with Crippen LogP contribution < -0.4 is 0 Å². The molecule has 2 aromatic heterocycles. The quantitative estimate of drug-likeness (QED) is 0.537. The van der Waals surface area contributed by atoms with Crippen molar-refractivity contribution in [1.82, 2.24) is 19.7 Å². The summed E-state index contributed by atoms with van der Waals surface area (Å²) in [5.41, 5.74) is 1.01. The number of aromatic nitrogens is 4. The molecule has 8 heteroatoms. The fourth-order valence-corrected chi connectivity index (χ4v) is 2.05. The first-order valence-corrected chi connectivity index (χ1v) is 6.73. The topological polar surface area (TPSA) is 104 Å². The first kappa shape index (κ1) is 14.5. The molecule has 0 amide bonds. The lowest BCUT2D eigenvalue weighted by Gasteiger charge is -2.01. The Labute approximate surface area is 130 Å². The van der Waals surface area contributed by atoms with Gasteiger partial charge in [-0.3, -0.25) is 19.9 Å². The number of nitrogens with zero attached hydrogens (tertiary/aromatic N) is 5. The zero-order valence-electron chi connectivity index (χ0n) is 11.9. The van der Waals surface area contributed by atoms with Gasteiger partial charge >= 0.3 is 0 Å². The number of benzene rings is 1. The van der Waals surface area contributed by atoms with E-state index in [1.165, 1.54) is 24.5 Å².